The Morgan fingerprint density at radius 2 is 1.95 bits per heavy atom. The molecular formula is C14H12ClN3S. The average Bonchev–Trinajstić information content (AvgIpc) is 3.00. The van der Waals surface area contributed by atoms with Crippen LogP contribution < -0.4 is 5.73 Å². The number of nitrogens with two attached hydrogens (primary N) is 1. The highest BCUT2D eigenvalue weighted by atomic mass is 35.5. The molecule has 0 saturated carbocycles. The third kappa shape index (κ3) is 2.13. The molecule has 2 N–H and O–H groups in total. The fourth-order valence-corrected chi connectivity index (χ4v) is 2.92. The summed E-state index contributed by atoms with van der Waals surface area (Å²) < 4.78 is 1.71. The lowest BCUT2D eigenvalue weighted by atomic mass is 10.1. The maximum atomic E-state index is 6.14. The molecule has 0 amide bonds. The minimum Gasteiger partial charge on any atom is -0.383 e. The highest BCUT2D eigenvalue weighted by molar-refractivity contribution is 7.13. The summed E-state index contributed by atoms with van der Waals surface area (Å²) >= 11 is 7.58. The lowest BCUT2D eigenvalue weighted by Gasteiger charge is -2.01. The van der Waals surface area contributed by atoms with E-state index < -0.39 is 0 Å². The van der Waals surface area contributed by atoms with Gasteiger partial charge < -0.3 is 5.73 Å². The van der Waals surface area contributed by atoms with Crippen molar-refractivity contribution in [1.82, 2.24) is 9.78 Å². The van der Waals surface area contributed by atoms with Crippen molar-refractivity contribution in [3.05, 3.63) is 46.8 Å². The number of aromatic nitrogens is 2. The van der Waals surface area contributed by atoms with E-state index in [1.165, 1.54) is 0 Å². The van der Waals surface area contributed by atoms with E-state index >= 15 is 0 Å². The van der Waals surface area contributed by atoms with Gasteiger partial charge in [0.25, 0.3) is 0 Å². The first-order valence-electron chi connectivity index (χ1n) is 5.79. The van der Waals surface area contributed by atoms with Crippen LogP contribution in [-0.2, 0) is 7.05 Å². The second kappa shape index (κ2) is 4.72. The smallest absolute Gasteiger partial charge is 0.130 e. The van der Waals surface area contributed by atoms with Crippen molar-refractivity contribution < 1.29 is 0 Å². The molecule has 0 spiro atoms. The van der Waals surface area contributed by atoms with Crippen molar-refractivity contribution in [3.63, 3.8) is 0 Å². The summed E-state index contributed by atoms with van der Waals surface area (Å²) in [7, 11) is 1.85. The molecule has 0 aliphatic rings. The number of halogens is 1. The Bertz CT molecular complexity index is 699. The van der Waals surface area contributed by atoms with E-state index in [9.17, 15) is 0 Å². The molecule has 0 aliphatic carbocycles. The first kappa shape index (κ1) is 12.3. The molecule has 3 aromatic rings. The summed E-state index contributed by atoms with van der Waals surface area (Å²) in [5.41, 5.74) is 9.03. The molecule has 96 valence electrons. The molecule has 5 heteroatoms. The van der Waals surface area contributed by atoms with Crippen LogP contribution in [0.1, 0.15) is 0 Å². The molecule has 2 aromatic heterocycles. The second-order valence-corrected chi connectivity index (χ2v) is 5.60. The molecule has 2 heterocycles. The Morgan fingerprint density at radius 1 is 1.21 bits per heavy atom. The van der Waals surface area contributed by atoms with Gasteiger partial charge in [-0.25, -0.2) is 0 Å². The summed E-state index contributed by atoms with van der Waals surface area (Å²) in [6, 6.07) is 11.7. The molecule has 3 rings (SSSR count). The van der Waals surface area contributed by atoms with Crippen LogP contribution in [0.3, 0.4) is 0 Å². The van der Waals surface area contributed by atoms with E-state index in [0.29, 0.717) is 10.8 Å². The lowest BCUT2D eigenvalue weighted by molar-refractivity contribution is 0.782. The zero-order chi connectivity index (χ0) is 13.4. The Hall–Kier alpha value is -1.78. The predicted octanol–water partition coefficient (Wildman–Crippen LogP) is 4.05. The molecule has 0 unspecified atom stereocenters. The minimum atomic E-state index is 0.674. The molecule has 3 nitrogen and oxygen atoms in total. The number of anilines is 1. The summed E-state index contributed by atoms with van der Waals surface area (Å²) in [5, 5.41) is 7.27. The van der Waals surface area contributed by atoms with Gasteiger partial charge in [0.2, 0.25) is 0 Å². The van der Waals surface area contributed by atoms with E-state index in [0.717, 1.165) is 21.7 Å². The van der Waals surface area contributed by atoms with Crippen molar-refractivity contribution in [3.8, 4) is 21.7 Å². The number of thiophene rings is 1. The number of nitrogen functional groups attached to an aromatic ring is 1. The molecular weight excluding hydrogens is 278 g/mol. The van der Waals surface area contributed by atoms with E-state index in [1.807, 2.05) is 42.8 Å². The second-order valence-electron chi connectivity index (χ2n) is 4.22. The number of aryl methyl sites for hydroxylation is 1. The van der Waals surface area contributed by atoms with Crippen molar-refractivity contribution >= 4 is 28.8 Å². The van der Waals surface area contributed by atoms with Gasteiger partial charge in [0.05, 0.1) is 5.56 Å². The highest BCUT2D eigenvalue weighted by Crippen LogP contribution is 2.38. The first-order valence-corrected chi connectivity index (χ1v) is 7.05. The van der Waals surface area contributed by atoms with Crippen LogP contribution in [-0.4, -0.2) is 9.78 Å². The fraction of sp³-hybridized carbons (Fsp3) is 0.0714. The number of hydrogen-bond donors (Lipinski definition) is 1. The summed E-state index contributed by atoms with van der Waals surface area (Å²) in [4.78, 5) is 1.12. The zero-order valence-electron chi connectivity index (χ0n) is 10.3. The van der Waals surface area contributed by atoms with Gasteiger partial charge in [-0.15, -0.1) is 11.3 Å². The van der Waals surface area contributed by atoms with Crippen LogP contribution in [0.2, 0.25) is 5.02 Å². The van der Waals surface area contributed by atoms with Crippen molar-refractivity contribution in [2.75, 3.05) is 5.73 Å². The molecule has 0 saturated heterocycles. The van der Waals surface area contributed by atoms with E-state index in [-0.39, 0.29) is 0 Å². The summed E-state index contributed by atoms with van der Waals surface area (Å²) in [6.07, 6.45) is 0. The molecule has 19 heavy (non-hydrogen) atoms. The largest absolute Gasteiger partial charge is 0.383 e. The lowest BCUT2D eigenvalue weighted by Crippen LogP contribution is -1.97. The average molecular weight is 290 g/mol. The molecule has 0 bridgehead atoms. The number of benzene rings is 1. The van der Waals surface area contributed by atoms with Crippen molar-refractivity contribution in [2.24, 2.45) is 7.05 Å². The Morgan fingerprint density at radius 3 is 2.58 bits per heavy atom. The van der Waals surface area contributed by atoms with E-state index in [2.05, 4.69) is 11.2 Å². The van der Waals surface area contributed by atoms with Crippen LogP contribution in [0.15, 0.2) is 41.8 Å². The Balaban J connectivity index is 2.22. The van der Waals surface area contributed by atoms with Gasteiger partial charge in [-0.2, -0.15) is 5.10 Å². The highest BCUT2D eigenvalue weighted by Gasteiger charge is 2.17. The minimum absolute atomic E-state index is 0.674. The normalized spacial score (nSPS) is 10.8. The van der Waals surface area contributed by atoms with Gasteiger partial charge in [0.15, 0.2) is 0 Å². The van der Waals surface area contributed by atoms with Crippen LogP contribution in [0.25, 0.3) is 21.7 Å². The van der Waals surface area contributed by atoms with Gasteiger partial charge in [-0.05, 0) is 23.6 Å². The maximum Gasteiger partial charge on any atom is 0.130 e. The van der Waals surface area contributed by atoms with Gasteiger partial charge in [0.1, 0.15) is 11.5 Å². The van der Waals surface area contributed by atoms with Gasteiger partial charge >= 0.3 is 0 Å². The number of rotatable bonds is 2. The van der Waals surface area contributed by atoms with Crippen molar-refractivity contribution in [1.29, 1.82) is 0 Å². The Labute approximate surface area is 120 Å². The van der Waals surface area contributed by atoms with Crippen LogP contribution in [0.5, 0.6) is 0 Å². The SMILES string of the molecule is Cn1nc(-c2ccc(Cl)cc2)c(-c2cccs2)c1N. The van der Waals surface area contributed by atoms with E-state index in [4.69, 9.17) is 17.3 Å². The number of nitrogens with zero attached hydrogens (tertiary/aromatic N) is 2. The maximum absolute atomic E-state index is 6.14. The van der Waals surface area contributed by atoms with Gasteiger partial charge in [-0.1, -0.05) is 29.8 Å². The predicted molar refractivity (Wildman–Crippen MR) is 81.4 cm³/mol. The van der Waals surface area contributed by atoms with Crippen molar-refractivity contribution in [2.45, 2.75) is 0 Å². The summed E-state index contributed by atoms with van der Waals surface area (Å²) in [6.45, 7) is 0. The molecule has 1 aromatic carbocycles. The third-order valence-electron chi connectivity index (χ3n) is 2.98. The molecule has 0 fully saturated rings. The molecule has 0 aliphatic heterocycles. The van der Waals surface area contributed by atoms with Crippen LogP contribution in [0, 0.1) is 0 Å². The third-order valence-corrected chi connectivity index (χ3v) is 4.12. The first-order chi connectivity index (χ1) is 9.16. The quantitative estimate of drug-likeness (QED) is 0.773. The number of hydrogen-bond acceptors (Lipinski definition) is 3. The molecule has 0 atom stereocenters. The topological polar surface area (TPSA) is 43.8 Å². The standard InChI is InChI=1S/C14H12ClN3S/c1-18-14(16)12(11-3-2-8-19-11)13(17-18)9-4-6-10(15)7-5-9/h2-8H,16H2,1H3. The van der Waals surface area contributed by atoms with Gasteiger partial charge in [0, 0.05) is 22.5 Å². The Kier molecular flexibility index (Phi) is 3.05. The van der Waals surface area contributed by atoms with Gasteiger partial charge in [-0.3, -0.25) is 4.68 Å². The zero-order valence-corrected chi connectivity index (χ0v) is 11.9. The van der Waals surface area contributed by atoms with Crippen LogP contribution >= 0.6 is 22.9 Å². The monoisotopic (exact) mass is 289 g/mol. The van der Waals surface area contributed by atoms with Crippen LogP contribution in [0.4, 0.5) is 5.82 Å². The summed E-state index contributed by atoms with van der Waals surface area (Å²) in [5.74, 6) is 0.674. The van der Waals surface area contributed by atoms with E-state index in [1.54, 1.807) is 16.0 Å². The molecule has 0 radical (unpaired) electrons. The fourth-order valence-electron chi connectivity index (χ4n) is 2.01.